The van der Waals surface area contributed by atoms with Crippen LogP contribution in [0.25, 0.3) is 0 Å². The van der Waals surface area contributed by atoms with E-state index in [0.29, 0.717) is 0 Å². The SMILES string of the molecule is CCC(F)S(N)(=O)=O. The molecule has 0 aliphatic rings. The van der Waals surface area contributed by atoms with Crippen molar-refractivity contribution < 1.29 is 12.8 Å². The second-order valence-electron chi connectivity index (χ2n) is 1.41. The molecule has 0 aliphatic heterocycles. The summed E-state index contributed by atoms with van der Waals surface area (Å²) in [6.45, 7) is 1.41. The Bertz CT molecular complexity index is 153. The van der Waals surface area contributed by atoms with Gasteiger partial charge in [-0.2, -0.15) is 0 Å². The molecule has 1 unspecified atom stereocenters. The molecular formula is C3H8FNO2S. The molecule has 0 rings (SSSR count). The van der Waals surface area contributed by atoms with E-state index in [1.54, 1.807) is 0 Å². The average Bonchev–Trinajstić information content (AvgIpc) is 1.62. The highest BCUT2D eigenvalue weighted by molar-refractivity contribution is 7.89. The van der Waals surface area contributed by atoms with E-state index in [-0.39, 0.29) is 6.42 Å². The third-order valence-electron chi connectivity index (χ3n) is 0.677. The molecule has 0 fully saturated rings. The van der Waals surface area contributed by atoms with Gasteiger partial charge in [-0.05, 0) is 6.42 Å². The van der Waals surface area contributed by atoms with Crippen molar-refractivity contribution in [3.63, 3.8) is 0 Å². The summed E-state index contributed by atoms with van der Waals surface area (Å²) in [6, 6.07) is 0. The number of hydrogen-bond donors (Lipinski definition) is 1. The molecule has 2 N–H and O–H groups in total. The van der Waals surface area contributed by atoms with Crippen molar-refractivity contribution in [1.29, 1.82) is 0 Å². The van der Waals surface area contributed by atoms with Crippen LogP contribution in [-0.4, -0.2) is 13.9 Å². The zero-order chi connectivity index (χ0) is 6.78. The van der Waals surface area contributed by atoms with Gasteiger partial charge in [-0.25, -0.2) is 17.9 Å². The maximum Gasteiger partial charge on any atom is 0.241 e. The average molecular weight is 141 g/mol. The molecule has 3 nitrogen and oxygen atoms in total. The Balaban J connectivity index is 4.04. The maximum atomic E-state index is 11.9. The first-order valence-corrected chi connectivity index (χ1v) is 3.75. The molecule has 0 aliphatic carbocycles. The first-order valence-electron chi connectivity index (χ1n) is 2.14. The lowest BCUT2D eigenvalue weighted by atomic mass is 10.6. The summed E-state index contributed by atoms with van der Waals surface area (Å²) in [5, 5.41) is 4.39. The molecule has 0 saturated carbocycles. The Kier molecular flexibility index (Phi) is 2.36. The van der Waals surface area contributed by atoms with Crippen LogP contribution in [0.15, 0.2) is 0 Å². The molecule has 8 heavy (non-hydrogen) atoms. The third kappa shape index (κ3) is 2.23. The maximum absolute atomic E-state index is 11.9. The van der Waals surface area contributed by atoms with Crippen LogP contribution < -0.4 is 5.14 Å². The molecule has 0 radical (unpaired) electrons. The van der Waals surface area contributed by atoms with E-state index < -0.39 is 15.5 Å². The van der Waals surface area contributed by atoms with Crippen LogP contribution in [0.4, 0.5) is 4.39 Å². The van der Waals surface area contributed by atoms with Crippen molar-refractivity contribution in [3.05, 3.63) is 0 Å². The minimum atomic E-state index is -3.92. The summed E-state index contributed by atoms with van der Waals surface area (Å²) in [4.78, 5) is 0. The number of hydrogen-bond acceptors (Lipinski definition) is 2. The Hall–Kier alpha value is -0.160. The standard InChI is InChI=1S/C3H8FNO2S/c1-2-3(4)8(5,6)7/h3H,2H2,1H3,(H2,5,6,7). The Morgan fingerprint density at radius 2 is 2.12 bits per heavy atom. The molecule has 0 aromatic carbocycles. The van der Waals surface area contributed by atoms with Gasteiger partial charge in [0.1, 0.15) is 0 Å². The highest BCUT2D eigenvalue weighted by Crippen LogP contribution is 2.00. The smallest absolute Gasteiger partial charge is 0.229 e. The summed E-state index contributed by atoms with van der Waals surface area (Å²) < 4.78 is 31.9. The van der Waals surface area contributed by atoms with Crippen molar-refractivity contribution in [2.24, 2.45) is 5.14 Å². The van der Waals surface area contributed by atoms with Gasteiger partial charge in [0.15, 0.2) is 0 Å². The van der Waals surface area contributed by atoms with Gasteiger partial charge in [-0.3, -0.25) is 0 Å². The molecule has 0 amide bonds. The molecule has 0 spiro atoms. The number of sulfonamides is 1. The van der Waals surface area contributed by atoms with Crippen LogP contribution in [0.3, 0.4) is 0 Å². The van der Waals surface area contributed by atoms with Crippen molar-refractivity contribution in [3.8, 4) is 0 Å². The van der Waals surface area contributed by atoms with Crippen molar-refractivity contribution in [1.82, 2.24) is 0 Å². The summed E-state index contributed by atoms with van der Waals surface area (Å²) in [6.07, 6.45) is -0.0845. The molecule has 5 heteroatoms. The fourth-order valence-corrected chi connectivity index (χ4v) is 0.697. The highest BCUT2D eigenvalue weighted by Gasteiger charge is 2.16. The number of alkyl halides is 1. The second-order valence-corrected chi connectivity index (χ2v) is 3.10. The lowest BCUT2D eigenvalue weighted by Gasteiger charge is -1.98. The summed E-state index contributed by atoms with van der Waals surface area (Å²) in [5.41, 5.74) is -1.90. The fraction of sp³-hybridized carbons (Fsp3) is 1.00. The van der Waals surface area contributed by atoms with E-state index in [0.717, 1.165) is 0 Å². The van der Waals surface area contributed by atoms with Gasteiger partial charge in [0, 0.05) is 0 Å². The number of primary sulfonamides is 1. The van der Waals surface area contributed by atoms with Crippen LogP contribution in [0.2, 0.25) is 0 Å². The second kappa shape index (κ2) is 2.41. The minimum absolute atomic E-state index is 0.0845. The number of nitrogens with two attached hydrogens (primary N) is 1. The predicted molar refractivity (Wildman–Crippen MR) is 28.3 cm³/mol. The van der Waals surface area contributed by atoms with E-state index in [9.17, 15) is 12.8 Å². The Labute approximate surface area is 47.7 Å². The van der Waals surface area contributed by atoms with Crippen molar-refractivity contribution in [2.75, 3.05) is 0 Å². The minimum Gasteiger partial charge on any atom is -0.229 e. The van der Waals surface area contributed by atoms with Crippen molar-refractivity contribution >= 4 is 10.0 Å². The van der Waals surface area contributed by atoms with E-state index in [1.165, 1.54) is 6.92 Å². The zero-order valence-electron chi connectivity index (χ0n) is 4.46. The van der Waals surface area contributed by atoms with E-state index >= 15 is 0 Å². The van der Waals surface area contributed by atoms with Crippen LogP contribution in [0, 0.1) is 0 Å². The summed E-state index contributed by atoms with van der Waals surface area (Å²) in [7, 11) is -3.92. The molecule has 0 heterocycles. The molecular weight excluding hydrogens is 133 g/mol. The van der Waals surface area contributed by atoms with E-state index in [1.807, 2.05) is 0 Å². The fourth-order valence-electron chi connectivity index (χ4n) is 0.232. The normalized spacial score (nSPS) is 15.9. The first-order chi connectivity index (χ1) is 3.48. The van der Waals surface area contributed by atoms with Crippen LogP contribution in [-0.2, 0) is 10.0 Å². The largest absolute Gasteiger partial charge is 0.241 e. The quantitative estimate of drug-likeness (QED) is 0.587. The molecule has 0 aromatic heterocycles. The molecule has 50 valence electrons. The van der Waals surface area contributed by atoms with Gasteiger partial charge in [0.05, 0.1) is 0 Å². The Morgan fingerprint density at radius 1 is 1.75 bits per heavy atom. The molecule has 0 aromatic rings. The highest BCUT2D eigenvalue weighted by atomic mass is 32.2. The topological polar surface area (TPSA) is 60.2 Å². The zero-order valence-corrected chi connectivity index (χ0v) is 5.28. The lowest BCUT2D eigenvalue weighted by Crippen LogP contribution is -2.23. The van der Waals surface area contributed by atoms with Gasteiger partial charge >= 0.3 is 0 Å². The molecule has 0 bridgehead atoms. The summed E-state index contributed by atoms with van der Waals surface area (Å²) >= 11 is 0. The number of halogens is 1. The van der Waals surface area contributed by atoms with Gasteiger partial charge in [0.25, 0.3) is 0 Å². The van der Waals surface area contributed by atoms with Gasteiger partial charge in [-0.1, -0.05) is 6.92 Å². The lowest BCUT2D eigenvalue weighted by molar-refractivity contribution is 0.410. The van der Waals surface area contributed by atoms with Crippen molar-refractivity contribution in [2.45, 2.75) is 18.8 Å². The van der Waals surface area contributed by atoms with Crippen LogP contribution in [0.5, 0.6) is 0 Å². The Morgan fingerprint density at radius 3 is 2.12 bits per heavy atom. The third-order valence-corrected chi connectivity index (χ3v) is 1.72. The van der Waals surface area contributed by atoms with Gasteiger partial charge in [-0.15, -0.1) is 0 Å². The van der Waals surface area contributed by atoms with Gasteiger partial charge in [0.2, 0.25) is 15.5 Å². The molecule has 1 atom stereocenters. The summed E-state index contributed by atoms with van der Waals surface area (Å²) in [5.74, 6) is 0. The van der Waals surface area contributed by atoms with Crippen LogP contribution in [0.1, 0.15) is 13.3 Å². The molecule has 0 saturated heterocycles. The van der Waals surface area contributed by atoms with E-state index in [2.05, 4.69) is 5.14 Å². The number of rotatable bonds is 2. The first kappa shape index (κ1) is 7.84. The predicted octanol–water partition coefficient (Wildman–Crippen LogP) is -0.0195. The van der Waals surface area contributed by atoms with E-state index in [4.69, 9.17) is 0 Å². The van der Waals surface area contributed by atoms with Gasteiger partial charge < -0.3 is 0 Å². The van der Waals surface area contributed by atoms with Crippen LogP contribution >= 0.6 is 0 Å². The monoisotopic (exact) mass is 141 g/mol.